The van der Waals surface area contributed by atoms with E-state index in [2.05, 4.69) is 0 Å². The number of carbonyl (C=O) groups is 1. The Balaban J connectivity index is 1.85. The maximum absolute atomic E-state index is 11.2. The van der Waals surface area contributed by atoms with Crippen molar-refractivity contribution in [3.05, 3.63) is 11.8 Å². The Hall–Kier alpha value is -1.11. The van der Waals surface area contributed by atoms with Gasteiger partial charge in [0.15, 0.2) is 12.6 Å². The first kappa shape index (κ1) is 19.6. The average Bonchev–Trinajstić information content (AvgIpc) is 2.86. The third kappa shape index (κ3) is 2.96. The normalized spacial score (nSPS) is 51.3. The van der Waals surface area contributed by atoms with E-state index in [-0.39, 0.29) is 18.4 Å². The number of hydrogen-bond donors (Lipinski definition) is 6. The smallest absolute Gasteiger partial charge is 0.210 e. The van der Waals surface area contributed by atoms with Crippen molar-refractivity contribution < 1.29 is 49.6 Å². The fourth-order valence-electron chi connectivity index (χ4n) is 3.98. The summed E-state index contributed by atoms with van der Waals surface area (Å²) < 4.78 is 16.2. The van der Waals surface area contributed by atoms with Crippen molar-refractivity contribution in [3.8, 4) is 0 Å². The van der Waals surface area contributed by atoms with Crippen molar-refractivity contribution in [2.24, 2.45) is 5.92 Å². The number of fused-ring (bicyclic) bond motifs is 1. The lowest BCUT2D eigenvalue weighted by Gasteiger charge is -2.46. The molecule has 0 aromatic heterocycles. The van der Waals surface area contributed by atoms with E-state index >= 15 is 0 Å². The summed E-state index contributed by atoms with van der Waals surface area (Å²) in [4.78, 5) is 11.2. The van der Waals surface area contributed by atoms with Gasteiger partial charge in [0.25, 0.3) is 0 Å². The van der Waals surface area contributed by atoms with E-state index in [1.54, 1.807) is 0 Å². The molecule has 0 spiro atoms. The molecule has 148 valence electrons. The average molecular weight is 376 g/mol. The fourth-order valence-corrected chi connectivity index (χ4v) is 3.98. The van der Waals surface area contributed by atoms with E-state index in [9.17, 15) is 35.4 Å². The van der Waals surface area contributed by atoms with E-state index in [1.165, 1.54) is 6.92 Å². The Morgan fingerprint density at radius 1 is 1.19 bits per heavy atom. The van der Waals surface area contributed by atoms with Gasteiger partial charge in [-0.2, -0.15) is 0 Å². The highest BCUT2D eigenvalue weighted by Crippen LogP contribution is 2.51. The molecule has 1 saturated carbocycles. The van der Waals surface area contributed by atoms with E-state index in [0.29, 0.717) is 6.29 Å². The second kappa shape index (κ2) is 6.80. The predicted molar refractivity (Wildman–Crippen MR) is 82.2 cm³/mol. The van der Waals surface area contributed by atoms with Gasteiger partial charge in [-0.1, -0.05) is 0 Å². The van der Waals surface area contributed by atoms with Crippen molar-refractivity contribution >= 4 is 6.29 Å². The Labute approximate surface area is 149 Å². The van der Waals surface area contributed by atoms with Crippen molar-refractivity contribution in [3.63, 3.8) is 0 Å². The first-order chi connectivity index (χ1) is 12.2. The molecule has 2 heterocycles. The Bertz CT molecular complexity index is 575. The maximum Gasteiger partial charge on any atom is 0.210 e. The summed E-state index contributed by atoms with van der Waals surface area (Å²) in [6.45, 7) is 0.840. The Kier molecular flexibility index (Phi) is 5.14. The van der Waals surface area contributed by atoms with Crippen LogP contribution in [0.4, 0.5) is 0 Å². The predicted octanol–water partition coefficient (Wildman–Crippen LogP) is -2.87. The minimum Gasteiger partial charge on any atom is -0.471 e. The second-order valence-corrected chi connectivity index (χ2v) is 7.29. The lowest BCUT2D eigenvalue weighted by Crippen LogP contribution is -2.62. The van der Waals surface area contributed by atoms with Gasteiger partial charge in [-0.15, -0.1) is 0 Å². The van der Waals surface area contributed by atoms with Crippen molar-refractivity contribution in [2.75, 3.05) is 6.61 Å². The maximum atomic E-state index is 11.2. The molecule has 3 aliphatic rings. The molecule has 9 atom stereocenters. The Morgan fingerprint density at radius 2 is 1.88 bits per heavy atom. The van der Waals surface area contributed by atoms with Crippen LogP contribution in [0.5, 0.6) is 0 Å². The first-order valence-corrected chi connectivity index (χ1v) is 8.37. The Morgan fingerprint density at radius 3 is 2.50 bits per heavy atom. The number of aliphatic hydroxyl groups is 6. The lowest BCUT2D eigenvalue weighted by molar-refractivity contribution is -0.351. The van der Waals surface area contributed by atoms with Crippen LogP contribution in [0.2, 0.25) is 0 Å². The van der Waals surface area contributed by atoms with Gasteiger partial charge in [0.05, 0.1) is 30.0 Å². The largest absolute Gasteiger partial charge is 0.471 e. The van der Waals surface area contributed by atoms with Crippen molar-refractivity contribution in [1.82, 2.24) is 0 Å². The summed E-state index contributed by atoms with van der Waals surface area (Å²) >= 11 is 0. The molecular weight excluding hydrogens is 352 g/mol. The molecule has 6 N–H and O–H groups in total. The molecule has 0 radical (unpaired) electrons. The molecule has 3 rings (SSSR count). The zero-order valence-electron chi connectivity index (χ0n) is 14.1. The van der Waals surface area contributed by atoms with Gasteiger partial charge in [0.2, 0.25) is 6.29 Å². The number of rotatable bonds is 4. The van der Waals surface area contributed by atoms with Gasteiger partial charge in [-0.3, -0.25) is 4.79 Å². The molecule has 0 aromatic rings. The first-order valence-electron chi connectivity index (χ1n) is 8.37. The molecule has 0 aromatic carbocycles. The summed E-state index contributed by atoms with van der Waals surface area (Å²) in [7, 11) is 0. The summed E-state index contributed by atoms with van der Waals surface area (Å²) in [6, 6.07) is 0. The van der Waals surface area contributed by atoms with Crippen LogP contribution in [-0.4, -0.2) is 91.7 Å². The highest BCUT2D eigenvalue weighted by molar-refractivity contribution is 5.76. The van der Waals surface area contributed by atoms with Crippen LogP contribution in [0.15, 0.2) is 11.8 Å². The molecule has 10 nitrogen and oxygen atoms in total. The van der Waals surface area contributed by atoms with Crippen molar-refractivity contribution in [1.29, 1.82) is 0 Å². The minimum absolute atomic E-state index is 0.0334. The molecule has 1 saturated heterocycles. The zero-order chi connectivity index (χ0) is 19.3. The molecule has 26 heavy (non-hydrogen) atoms. The number of aldehydes is 1. The van der Waals surface area contributed by atoms with Crippen LogP contribution < -0.4 is 0 Å². The summed E-state index contributed by atoms with van der Waals surface area (Å²) in [5, 5.41) is 60.5. The van der Waals surface area contributed by atoms with Gasteiger partial charge in [0, 0.05) is 0 Å². The highest BCUT2D eigenvalue weighted by atomic mass is 16.8. The van der Waals surface area contributed by atoms with Crippen molar-refractivity contribution in [2.45, 2.75) is 68.0 Å². The molecule has 2 fully saturated rings. The molecule has 10 heteroatoms. The van der Waals surface area contributed by atoms with Gasteiger partial charge in [-0.05, 0) is 19.8 Å². The number of ether oxygens (including phenoxy) is 3. The van der Waals surface area contributed by atoms with Gasteiger partial charge in [0.1, 0.15) is 30.0 Å². The molecule has 0 bridgehead atoms. The van der Waals surface area contributed by atoms with Crippen LogP contribution in [0.1, 0.15) is 19.8 Å². The number of aliphatic hydroxyl groups excluding tert-OH is 4. The van der Waals surface area contributed by atoms with E-state index in [1.807, 2.05) is 0 Å². The number of hydrogen-bond acceptors (Lipinski definition) is 10. The van der Waals surface area contributed by atoms with Crippen LogP contribution in [-0.2, 0) is 19.0 Å². The van der Waals surface area contributed by atoms with Gasteiger partial charge < -0.3 is 44.8 Å². The summed E-state index contributed by atoms with van der Waals surface area (Å²) in [5.74, 6) is -1.06. The van der Waals surface area contributed by atoms with Gasteiger partial charge >= 0.3 is 0 Å². The quantitative estimate of drug-likeness (QED) is 0.281. The summed E-state index contributed by atoms with van der Waals surface area (Å²) in [5.41, 5.74) is -3.15. The van der Waals surface area contributed by atoms with E-state index < -0.39 is 60.7 Å². The minimum atomic E-state index is -1.68. The number of carbonyl (C=O) groups excluding carboxylic acids is 1. The van der Waals surface area contributed by atoms with E-state index in [4.69, 9.17) is 14.2 Å². The second-order valence-electron chi connectivity index (χ2n) is 7.29. The van der Waals surface area contributed by atoms with Crippen LogP contribution in [0, 0.1) is 5.92 Å². The molecular formula is C16H24O10. The molecule has 0 amide bonds. The molecule has 2 aliphatic heterocycles. The highest BCUT2D eigenvalue weighted by Gasteiger charge is 2.62. The SMILES string of the molecule is C[C@]1(O)CC[C@]2(O)C(C=O)=COC(OC3OC(CO)C(O)C(O)C3O)[C@@H]12. The third-order valence-corrected chi connectivity index (χ3v) is 5.54. The van der Waals surface area contributed by atoms with E-state index in [0.717, 1.165) is 6.26 Å². The van der Waals surface area contributed by atoms with Crippen LogP contribution >= 0.6 is 0 Å². The van der Waals surface area contributed by atoms with Gasteiger partial charge in [-0.25, -0.2) is 0 Å². The topological polar surface area (TPSA) is 166 Å². The monoisotopic (exact) mass is 376 g/mol. The summed E-state index contributed by atoms with van der Waals surface area (Å²) in [6.07, 6.45) is -7.07. The molecule has 6 unspecified atom stereocenters. The lowest BCUT2D eigenvalue weighted by atomic mass is 9.78. The fraction of sp³-hybridized carbons (Fsp3) is 0.812. The standard InChI is InChI=1S/C16H24O10/c1-15(22)2-3-16(23)7(4-17)6-24-14(12(15)16)26-13-11(21)10(20)9(19)8(5-18)25-13/h4,6,8-14,18-23H,2-3,5H2,1H3/t8?,9?,10?,11?,12-,13?,14?,15-,16-/m0/s1. The third-order valence-electron chi connectivity index (χ3n) is 5.54. The zero-order valence-corrected chi connectivity index (χ0v) is 14.1. The van der Waals surface area contributed by atoms with Crippen LogP contribution in [0.3, 0.4) is 0 Å². The van der Waals surface area contributed by atoms with Crippen LogP contribution in [0.25, 0.3) is 0 Å². The molecule has 1 aliphatic carbocycles.